The average Bonchev–Trinajstić information content (AvgIpc) is 2.78. The molecule has 186 valence electrons. The normalized spacial score (nSPS) is 16.2. The number of nitrogens with zero attached hydrogens (tertiary/aromatic N) is 3. The van der Waals surface area contributed by atoms with Crippen molar-refractivity contribution in [2.75, 3.05) is 37.6 Å². The minimum Gasteiger partial charge on any atom is -0.444 e. The van der Waals surface area contributed by atoms with Crippen LogP contribution in [0.15, 0.2) is 53.0 Å². The van der Waals surface area contributed by atoms with Gasteiger partial charge in [-0.25, -0.2) is 4.79 Å². The van der Waals surface area contributed by atoms with Crippen LogP contribution in [-0.2, 0) is 17.8 Å². The number of benzene rings is 2. The van der Waals surface area contributed by atoms with Gasteiger partial charge in [-0.3, -0.25) is 4.90 Å². The summed E-state index contributed by atoms with van der Waals surface area (Å²) in [6, 6.07) is 17.0. The molecule has 3 rings (SSSR count). The lowest BCUT2D eigenvalue weighted by Crippen LogP contribution is -2.41. The Hall–Kier alpha value is -2.05. The van der Waals surface area contributed by atoms with Crippen molar-refractivity contribution in [3.05, 3.63) is 64.1 Å². The fourth-order valence-corrected chi connectivity index (χ4v) is 4.69. The SMILES string of the molecule is CC(C)CN1CCCN(Cc2ccccc2)CCN(C(=O)OC(C)(C)C)Cc2ccc(Br)cc21. The highest BCUT2D eigenvalue weighted by atomic mass is 79.9. The molecule has 0 fully saturated rings. The molecule has 0 spiro atoms. The zero-order valence-electron chi connectivity index (χ0n) is 21.4. The highest BCUT2D eigenvalue weighted by molar-refractivity contribution is 9.10. The number of carbonyl (C=O) groups is 1. The first kappa shape index (κ1) is 26.6. The van der Waals surface area contributed by atoms with Gasteiger partial charge in [-0.1, -0.05) is 66.2 Å². The maximum absolute atomic E-state index is 13.2. The smallest absolute Gasteiger partial charge is 0.410 e. The van der Waals surface area contributed by atoms with E-state index < -0.39 is 5.60 Å². The lowest BCUT2D eigenvalue weighted by molar-refractivity contribution is 0.0214. The monoisotopic (exact) mass is 529 g/mol. The van der Waals surface area contributed by atoms with Crippen LogP contribution < -0.4 is 4.90 Å². The molecule has 0 N–H and O–H groups in total. The standard InChI is InChI=1S/C28H40BrN3O2/c1-22(2)19-31-15-9-14-30(20-23-10-7-6-8-11-23)16-17-32(27(33)34-28(3,4)5)21-24-12-13-25(29)18-26(24)31/h6-8,10-13,18,22H,9,14-17,19-21H2,1-5H3. The number of hydrogen-bond acceptors (Lipinski definition) is 4. The third-order valence-electron chi connectivity index (χ3n) is 5.82. The van der Waals surface area contributed by atoms with Gasteiger partial charge in [-0.05, 0) is 56.4 Å². The predicted molar refractivity (Wildman–Crippen MR) is 144 cm³/mol. The minimum atomic E-state index is -0.529. The van der Waals surface area contributed by atoms with Crippen molar-refractivity contribution >= 4 is 27.7 Å². The van der Waals surface area contributed by atoms with E-state index in [0.717, 1.165) is 49.2 Å². The molecule has 0 saturated heterocycles. The highest BCUT2D eigenvalue weighted by Crippen LogP contribution is 2.29. The van der Waals surface area contributed by atoms with E-state index in [0.29, 0.717) is 19.0 Å². The van der Waals surface area contributed by atoms with Gasteiger partial charge in [0, 0.05) is 49.4 Å². The van der Waals surface area contributed by atoms with Gasteiger partial charge in [-0.15, -0.1) is 0 Å². The summed E-state index contributed by atoms with van der Waals surface area (Å²) in [5, 5.41) is 0. The zero-order valence-corrected chi connectivity index (χ0v) is 23.0. The van der Waals surface area contributed by atoms with E-state index in [9.17, 15) is 4.79 Å². The van der Waals surface area contributed by atoms with Crippen LogP contribution in [0.4, 0.5) is 10.5 Å². The van der Waals surface area contributed by atoms with Crippen molar-refractivity contribution < 1.29 is 9.53 Å². The lowest BCUT2D eigenvalue weighted by atomic mass is 10.1. The van der Waals surface area contributed by atoms with Crippen LogP contribution in [0.25, 0.3) is 0 Å². The van der Waals surface area contributed by atoms with Crippen LogP contribution >= 0.6 is 15.9 Å². The van der Waals surface area contributed by atoms with Crippen molar-refractivity contribution in [3.63, 3.8) is 0 Å². The Morgan fingerprint density at radius 1 is 1.03 bits per heavy atom. The summed E-state index contributed by atoms with van der Waals surface area (Å²) >= 11 is 3.67. The minimum absolute atomic E-state index is 0.254. The molecule has 1 aliphatic rings. The van der Waals surface area contributed by atoms with Gasteiger partial charge in [0.2, 0.25) is 0 Å². The molecule has 5 nitrogen and oxygen atoms in total. The number of hydrogen-bond donors (Lipinski definition) is 0. The second-order valence-electron chi connectivity index (χ2n) is 10.6. The molecule has 2 aromatic carbocycles. The molecule has 0 aliphatic carbocycles. The first-order chi connectivity index (χ1) is 16.1. The summed E-state index contributed by atoms with van der Waals surface area (Å²) in [6.45, 7) is 16.1. The summed E-state index contributed by atoms with van der Waals surface area (Å²) in [5.41, 5.74) is 3.13. The van der Waals surface area contributed by atoms with Gasteiger partial charge in [0.05, 0.1) is 6.54 Å². The maximum atomic E-state index is 13.2. The molecule has 0 unspecified atom stereocenters. The van der Waals surface area contributed by atoms with Crippen molar-refractivity contribution in [3.8, 4) is 0 Å². The summed E-state index contributed by atoms with van der Waals surface area (Å²) in [7, 11) is 0. The molecule has 2 aromatic rings. The summed E-state index contributed by atoms with van der Waals surface area (Å²) < 4.78 is 6.87. The fraction of sp³-hybridized carbons (Fsp3) is 0.536. The Bertz CT molecular complexity index is 927. The van der Waals surface area contributed by atoms with Crippen LogP contribution in [0.3, 0.4) is 0 Å². The first-order valence-corrected chi connectivity index (χ1v) is 13.2. The van der Waals surface area contributed by atoms with Gasteiger partial charge < -0.3 is 14.5 Å². The molecule has 0 radical (unpaired) electrons. The quantitative estimate of drug-likeness (QED) is 0.449. The highest BCUT2D eigenvalue weighted by Gasteiger charge is 2.25. The number of amides is 1. The number of carbonyl (C=O) groups excluding carboxylic acids is 1. The van der Waals surface area contributed by atoms with E-state index in [1.165, 1.54) is 11.3 Å². The Morgan fingerprint density at radius 2 is 1.76 bits per heavy atom. The second kappa shape index (κ2) is 12.1. The summed E-state index contributed by atoms with van der Waals surface area (Å²) in [5.74, 6) is 0.541. The maximum Gasteiger partial charge on any atom is 0.410 e. The van der Waals surface area contributed by atoms with E-state index in [1.54, 1.807) is 0 Å². The predicted octanol–water partition coefficient (Wildman–Crippen LogP) is 6.55. The zero-order chi connectivity index (χ0) is 24.7. The molecule has 1 amide bonds. The van der Waals surface area contributed by atoms with Crippen LogP contribution in [0, 0.1) is 5.92 Å². The molecular formula is C28H40BrN3O2. The number of ether oxygens (including phenoxy) is 1. The Morgan fingerprint density at radius 3 is 2.44 bits per heavy atom. The molecule has 6 heteroatoms. The van der Waals surface area contributed by atoms with Gasteiger partial charge >= 0.3 is 6.09 Å². The Kier molecular flexibility index (Phi) is 9.43. The number of fused-ring (bicyclic) bond motifs is 1. The summed E-state index contributed by atoms with van der Waals surface area (Å²) in [6.07, 6.45) is 0.813. The largest absolute Gasteiger partial charge is 0.444 e. The molecule has 0 atom stereocenters. The second-order valence-corrected chi connectivity index (χ2v) is 11.5. The molecule has 0 aromatic heterocycles. The molecule has 34 heavy (non-hydrogen) atoms. The van der Waals surface area contributed by atoms with E-state index in [2.05, 4.69) is 88.1 Å². The lowest BCUT2D eigenvalue weighted by Gasteiger charge is -2.31. The summed E-state index contributed by atoms with van der Waals surface area (Å²) in [4.78, 5) is 20.1. The van der Waals surface area contributed by atoms with Gasteiger partial charge in [0.15, 0.2) is 0 Å². The van der Waals surface area contributed by atoms with Crippen LogP contribution in [0.1, 0.15) is 52.2 Å². The van der Waals surface area contributed by atoms with E-state index >= 15 is 0 Å². The average molecular weight is 531 g/mol. The van der Waals surface area contributed by atoms with Crippen molar-refractivity contribution in [1.29, 1.82) is 0 Å². The Balaban J connectivity index is 1.92. The van der Waals surface area contributed by atoms with Gasteiger partial charge in [0.25, 0.3) is 0 Å². The van der Waals surface area contributed by atoms with Crippen molar-refractivity contribution in [1.82, 2.24) is 9.80 Å². The molecule has 0 bridgehead atoms. The number of rotatable bonds is 4. The molecule has 1 heterocycles. The number of anilines is 1. The number of halogens is 1. The fourth-order valence-electron chi connectivity index (χ4n) is 4.34. The first-order valence-electron chi connectivity index (χ1n) is 12.4. The van der Waals surface area contributed by atoms with Crippen molar-refractivity contribution in [2.45, 2.75) is 59.7 Å². The van der Waals surface area contributed by atoms with Gasteiger partial charge in [-0.2, -0.15) is 0 Å². The third kappa shape index (κ3) is 8.31. The van der Waals surface area contributed by atoms with E-state index in [4.69, 9.17) is 4.74 Å². The van der Waals surface area contributed by atoms with Crippen LogP contribution in [0.5, 0.6) is 0 Å². The Labute approximate surface area is 214 Å². The topological polar surface area (TPSA) is 36.0 Å². The molecular weight excluding hydrogens is 490 g/mol. The van der Waals surface area contributed by atoms with E-state index in [-0.39, 0.29) is 6.09 Å². The van der Waals surface area contributed by atoms with Crippen LogP contribution in [0.2, 0.25) is 0 Å². The van der Waals surface area contributed by atoms with E-state index in [1.807, 2.05) is 25.7 Å². The van der Waals surface area contributed by atoms with Crippen LogP contribution in [-0.4, -0.2) is 54.2 Å². The van der Waals surface area contributed by atoms with Gasteiger partial charge in [0.1, 0.15) is 5.60 Å². The van der Waals surface area contributed by atoms with Crippen molar-refractivity contribution in [2.24, 2.45) is 5.92 Å². The molecule has 1 aliphatic heterocycles. The molecule has 0 saturated carbocycles. The third-order valence-corrected chi connectivity index (χ3v) is 6.32.